The Bertz CT molecular complexity index is 829. The standard InChI is InChI=1S/C17H19Cl2N3O2/c1-10(23)21-6-7-22(17(2,3)9-21)16(24)14-8-11-13(20-14)5-4-12(18)15(11)19/h4-5,8,20H,6-7,9H2,1-3H3. The van der Waals surface area contributed by atoms with E-state index in [1.54, 1.807) is 34.9 Å². The summed E-state index contributed by atoms with van der Waals surface area (Å²) < 4.78 is 0. The maximum absolute atomic E-state index is 13.0. The van der Waals surface area contributed by atoms with E-state index in [0.29, 0.717) is 35.4 Å². The van der Waals surface area contributed by atoms with Crippen LogP contribution in [0.4, 0.5) is 0 Å². The highest BCUT2D eigenvalue weighted by molar-refractivity contribution is 6.45. The van der Waals surface area contributed by atoms with Gasteiger partial charge in [-0.3, -0.25) is 9.59 Å². The van der Waals surface area contributed by atoms with Gasteiger partial charge in [0.2, 0.25) is 5.91 Å². The van der Waals surface area contributed by atoms with Gasteiger partial charge < -0.3 is 14.8 Å². The first-order valence-electron chi connectivity index (χ1n) is 7.75. The molecular weight excluding hydrogens is 349 g/mol. The minimum Gasteiger partial charge on any atom is -0.350 e. The van der Waals surface area contributed by atoms with E-state index in [1.807, 2.05) is 13.8 Å². The third kappa shape index (κ3) is 2.87. The number of aromatic nitrogens is 1. The number of H-pyrrole nitrogens is 1. The Kier molecular flexibility index (Phi) is 4.26. The van der Waals surface area contributed by atoms with Crippen LogP contribution in [0, 0.1) is 0 Å². The number of carbonyl (C=O) groups is 2. The molecular formula is C17H19Cl2N3O2. The number of amides is 2. The van der Waals surface area contributed by atoms with Crippen molar-refractivity contribution in [2.75, 3.05) is 19.6 Å². The minimum absolute atomic E-state index is 0.0298. The van der Waals surface area contributed by atoms with Crippen molar-refractivity contribution in [2.24, 2.45) is 0 Å². The molecule has 0 bridgehead atoms. The molecule has 128 valence electrons. The lowest BCUT2D eigenvalue weighted by Crippen LogP contribution is -2.61. The first-order valence-corrected chi connectivity index (χ1v) is 8.50. The predicted molar refractivity (Wildman–Crippen MR) is 95.7 cm³/mol. The van der Waals surface area contributed by atoms with Crippen LogP contribution in [0.25, 0.3) is 10.9 Å². The number of nitrogens with one attached hydrogen (secondary N) is 1. The normalized spacial score (nSPS) is 17.4. The fourth-order valence-corrected chi connectivity index (χ4v) is 3.59. The van der Waals surface area contributed by atoms with Crippen LogP contribution in [0.3, 0.4) is 0 Å². The quantitative estimate of drug-likeness (QED) is 0.837. The van der Waals surface area contributed by atoms with Gasteiger partial charge in [-0.2, -0.15) is 0 Å². The number of benzene rings is 1. The summed E-state index contributed by atoms with van der Waals surface area (Å²) >= 11 is 12.3. The molecule has 1 N–H and O–H groups in total. The van der Waals surface area contributed by atoms with Gasteiger partial charge in [0, 0.05) is 37.5 Å². The van der Waals surface area contributed by atoms with Crippen LogP contribution in [-0.4, -0.2) is 51.8 Å². The predicted octanol–water partition coefficient (Wildman–Crippen LogP) is 3.56. The van der Waals surface area contributed by atoms with Gasteiger partial charge in [-0.05, 0) is 32.0 Å². The molecule has 5 nitrogen and oxygen atoms in total. The number of carbonyl (C=O) groups excluding carboxylic acids is 2. The van der Waals surface area contributed by atoms with E-state index < -0.39 is 5.54 Å². The van der Waals surface area contributed by atoms with Crippen molar-refractivity contribution in [1.29, 1.82) is 0 Å². The Morgan fingerprint density at radius 1 is 1.21 bits per heavy atom. The smallest absolute Gasteiger partial charge is 0.270 e. The second kappa shape index (κ2) is 5.97. The lowest BCUT2D eigenvalue weighted by molar-refractivity contribution is -0.133. The van der Waals surface area contributed by atoms with E-state index in [-0.39, 0.29) is 11.8 Å². The van der Waals surface area contributed by atoms with Gasteiger partial charge in [-0.15, -0.1) is 0 Å². The molecule has 1 fully saturated rings. The van der Waals surface area contributed by atoms with Crippen molar-refractivity contribution >= 4 is 45.9 Å². The van der Waals surface area contributed by atoms with E-state index in [4.69, 9.17) is 23.2 Å². The van der Waals surface area contributed by atoms with Crippen molar-refractivity contribution in [3.8, 4) is 0 Å². The number of fused-ring (bicyclic) bond motifs is 1. The number of piperazine rings is 1. The molecule has 1 aromatic carbocycles. The highest BCUT2D eigenvalue weighted by Crippen LogP contribution is 2.32. The summed E-state index contributed by atoms with van der Waals surface area (Å²) in [6.45, 7) is 7.03. The lowest BCUT2D eigenvalue weighted by atomic mass is 9.98. The van der Waals surface area contributed by atoms with Crippen LogP contribution in [-0.2, 0) is 4.79 Å². The van der Waals surface area contributed by atoms with Crippen LogP contribution in [0.15, 0.2) is 18.2 Å². The summed E-state index contributed by atoms with van der Waals surface area (Å²) in [7, 11) is 0. The third-order valence-corrected chi connectivity index (χ3v) is 5.33. The molecule has 1 aliphatic rings. The first-order chi connectivity index (χ1) is 11.2. The first kappa shape index (κ1) is 17.1. The van der Waals surface area contributed by atoms with Crippen LogP contribution in [0.2, 0.25) is 10.0 Å². The monoisotopic (exact) mass is 367 g/mol. The van der Waals surface area contributed by atoms with Crippen molar-refractivity contribution in [3.63, 3.8) is 0 Å². The summed E-state index contributed by atoms with van der Waals surface area (Å²) in [5.41, 5.74) is 0.797. The molecule has 0 spiro atoms. The Morgan fingerprint density at radius 2 is 1.92 bits per heavy atom. The van der Waals surface area contributed by atoms with Gasteiger partial charge in [-0.1, -0.05) is 23.2 Å². The number of hydrogen-bond donors (Lipinski definition) is 1. The molecule has 1 saturated heterocycles. The van der Waals surface area contributed by atoms with Crippen molar-refractivity contribution in [3.05, 3.63) is 33.9 Å². The van der Waals surface area contributed by atoms with Crippen molar-refractivity contribution in [2.45, 2.75) is 26.3 Å². The number of halogens is 2. The van der Waals surface area contributed by atoms with Crippen molar-refractivity contribution in [1.82, 2.24) is 14.8 Å². The van der Waals surface area contributed by atoms with Crippen LogP contribution >= 0.6 is 23.2 Å². The van der Waals surface area contributed by atoms with Gasteiger partial charge in [0.05, 0.1) is 15.6 Å². The Balaban J connectivity index is 1.92. The highest BCUT2D eigenvalue weighted by atomic mass is 35.5. The van der Waals surface area contributed by atoms with Gasteiger partial charge in [-0.25, -0.2) is 0 Å². The average Bonchev–Trinajstić information content (AvgIpc) is 2.94. The molecule has 2 aromatic rings. The number of hydrogen-bond acceptors (Lipinski definition) is 2. The summed E-state index contributed by atoms with van der Waals surface area (Å²) in [6.07, 6.45) is 0. The topological polar surface area (TPSA) is 56.4 Å². The summed E-state index contributed by atoms with van der Waals surface area (Å²) in [5.74, 6) is -0.0752. The minimum atomic E-state index is -0.445. The van der Waals surface area contributed by atoms with Gasteiger partial charge in [0.25, 0.3) is 5.91 Å². The Labute approximate surface area is 150 Å². The zero-order valence-electron chi connectivity index (χ0n) is 13.8. The molecule has 24 heavy (non-hydrogen) atoms. The zero-order valence-corrected chi connectivity index (χ0v) is 15.3. The molecule has 0 unspecified atom stereocenters. The van der Waals surface area contributed by atoms with Crippen LogP contribution in [0.1, 0.15) is 31.3 Å². The van der Waals surface area contributed by atoms with E-state index in [9.17, 15) is 9.59 Å². The summed E-state index contributed by atoms with van der Waals surface area (Å²) in [4.78, 5) is 31.3. The van der Waals surface area contributed by atoms with Crippen LogP contribution < -0.4 is 0 Å². The maximum Gasteiger partial charge on any atom is 0.270 e. The van der Waals surface area contributed by atoms with Crippen molar-refractivity contribution < 1.29 is 9.59 Å². The van der Waals surface area contributed by atoms with Gasteiger partial charge >= 0.3 is 0 Å². The Morgan fingerprint density at radius 3 is 2.54 bits per heavy atom. The van der Waals surface area contributed by atoms with Crippen LogP contribution in [0.5, 0.6) is 0 Å². The third-order valence-electron chi connectivity index (χ3n) is 4.51. The molecule has 0 radical (unpaired) electrons. The molecule has 0 atom stereocenters. The molecule has 1 aromatic heterocycles. The Hall–Kier alpha value is -1.72. The number of nitrogens with zero attached hydrogens (tertiary/aromatic N) is 2. The SMILES string of the molecule is CC(=O)N1CCN(C(=O)c2cc3c(Cl)c(Cl)ccc3[nH]2)C(C)(C)C1. The molecule has 1 aliphatic heterocycles. The maximum atomic E-state index is 13.0. The van der Waals surface area contributed by atoms with Gasteiger partial charge in [0.15, 0.2) is 0 Å². The molecule has 3 rings (SSSR count). The van der Waals surface area contributed by atoms with E-state index in [2.05, 4.69) is 4.98 Å². The molecule has 0 aliphatic carbocycles. The largest absolute Gasteiger partial charge is 0.350 e. The molecule has 0 saturated carbocycles. The second-order valence-electron chi connectivity index (χ2n) is 6.72. The highest BCUT2D eigenvalue weighted by Gasteiger charge is 2.38. The van der Waals surface area contributed by atoms with E-state index in [0.717, 1.165) is 10.9 Å². The fraction of sp³-hybridized carbons (Fsp3) is 0.412. The van der Waals surface area contributed by atoms with E-state index >= 15 is 0 Å². The zero-order chi connectivity index (χ0) is 17.6. The molecule has 2 heterocycles. The molecule has 2 amide bonds. The number of aromatic amines is 1. The fourth-order valence-electron chi connectivity index (χ4n) is 3.20. The second-order valence-corrected chi connectivity index (χ2v) is 7.50. The molecule has 7 heteroatoms. The van der Waals surface area contributed by atoms with Gasteiger partial charge in [0.1, 0.15) is 5.69 Å². The average molecular weight is 368 g/mol. The number of rotatable bonds is 1. The van der Waals surface area contributed by atoms with E-state index in [1.165, 1.54) is 0 Å². The summed E-state index contributed by atoms with van der Waals surface area (Å²) in [5, 5.41) is 1.62. The lowest BCUT2D eigenvalue weighted by Gasteiger charge is -2.46. The summed E-state index contributed by atoms with van der Waals surface area (Å²) in [6, 6.07) is 5.24.